The van der Waals surface area contributed by atoms with E-state index in [1.54, 1.807) is 0 Å². The first-order valence-electron chi connectivity index (χ1n) is 7.47. The first kappa shape index (κ1) is 18.4. The molecule has 0 aliphatic carbocycles. The van der Waals surface area contributed by atoms with Crippen molar-refractivity contribution in [3.05, 3.63) is 36.1 Å². The summed E-state index contributed by atoms with van der Waals surface area (Å²) in [6.07, 6.45) is -4.49. The largest absolute Gasteiger partial charge is 0.502 e. The van der Waals surface area contributed by atoms with Crippen LogP contribution in [0.4, 0.5) is 13.2 Å². The zero-order valence-electron chi connectivity index (χ0n) is 14.0. The maximum absolute atomic E-state index is 13.5. The smallest absolute Gasteiger partial charge is 0.493 e. The van der Waals surface area contributed by atoms with Crippen molar-refractivity contribution in [2.24, 2.45) is 0 Å². The van der Waals surface area contributed by atoms with E-state index in [-0.39, 0.29) is 11.5 Å². The van der Waals surface area contributed by atoms with Gasteiger partial charge in [0.05, 0.1) is 25.3 Å². The number of methoxy groups -OCH3 is 2. The van der Waals surface area contributed by atoms with Crippen molar-refractivity contribution in [1.29, 1.82) is 0 Å². The van der Waals surface area contributed by atoms with Gasteiger partial charge in [-0.3, -0.25) is 0 Å². The first-order valence-corrected chi connectivity index (χ1v) is 7.47. The molecule has 0 saturated carbocycles. The summed E-state index contributed by atoms with van der Waals surface area (Å²) in [7, 11) is 2.39. The van der Waals surface area contributed by atoms with E-state index in [1.165, 1.54) is 44.6 Å². The summed E-state index contributed by atoms with van der Waals surface area (Å²) < 4.78 is 54.7. The van der Waals surface area contributed by atoms with Gasteiger partial charge in [0.25, 0.3) is 0 Å². The number of benzene rings is 2. The van der Waals surface area contributed by atoms with E-state index in [9.17, 15) is 18.0 Å². The molecule has 7 nitrogen and oxygen atoms in total. The molecule has 3 rings (SSSR count). The highest BCUT2D eigenvalue weighted by molar-refractivity contribution is 5.80. The highest BCUT2D eigenvalue weighted by atomic mass is 19.3. The van der Waals surface area contributed by atoms with Gasteiger partial charge in [-0.2, -0.15) is 8.78 Å². The number of carboxylic acid groups (broad SMARTS) is 1. The van der Waals surface area contributed by atoms with Gasteiger partial charge in [0, 0.05) is 5.56 Å². The number of halogens is 3. The SMILES string of the molecule is COc1cc(-c2nc3ccc(F)cc3[nH]2)cc(OC)c1OC(F)(F)C(=O)O. The highest BCUT2D eigenvalue weighted by Crippen LogP contribution is 2.43. The van der Waals surface area contributed by atoms with E-state index in [0.717, 1.165) is 0 Å². The number of hydrogen-bond acceptors (Lipinski definition) is 5. The van der Waals surface area contributed by atoms with E-state index in [2.05, 4.69) is 14.7 Å². The third-order valence-electron chi connectivity index (χ3n) is 3.66. The predicted octanol–water partition coefficient (Wildman–Crippen LogP) is 3.44. The average molecular weight is 382 g/mol. The number of nitrogens with one attached hydrogen (secondary N) is 1. The lowest BCUT2D eigenvalue weighted by Crippen LogP contribution is -2.35. The number of carboxylic acids is 1. The van der Waals surface area contributed by atoms with E-state index in [1.807, 2.05) is 0 Å². The van der Waals surface area contributed by atoms with E-state index < -0.39 is 23.6 Å². The molecule has 1 aromatic heterocycles. The van der Waals surface area contributed by atoms with E-state index >= 15 is 0 Å². The van der Waals surface area contributed by atoms with Gasteiger partial charge in [-0.1, -0.05) is 0 Å². The molecule has 142 valence electrons. The summed E-state index contributed by atoms with van der Waals surface area (Å²) in [5.41, 5.74) is 1.29. The van der Waals surface area contributed by atoms with Crippen molar-refractivity contribution in [2.75, 3.05) is 14.2 Å². The second-order valence-electron chi connectivity index (χ2n) is 5.38. The van der Waals surface area contributed by atoms with Gasteiger partial charge < -0.3 is 24.3 Å². The average Bonchev–Trinajstić information content (AvgIpc) is 3.04. The van der Waals surface area contributed by atoms with Crippen LogP contribution in [0, 0.1) is 5.82 Å². The Morgan fingerprint density at radius 2 is 1.78 bits per heavy atom. The molecule has 2 aromatic carbocycles. The van der Waals surface area contributed by atoms with Gasteiger partial charge in [-0.05, 0) is 30.3 Å². The molecular weight excluding hydrogens is 369 g/mol. The molecule has 0 radical (unpaired) electrons. The number of carbonyl (C=O) groups is 1. The molecule has 0 saturated heterocycles. The minimum Gasteiger partial charge on any atom is -0.493 e. The van der Waals surface area contributed by atoms with Crippen LogP contribution in [-0.4, -0.2) is 41.4 Å². The number of aliphatic carboxylic acids is 1. The lowest BCUT2D eigenvalue weighted by molar-refractivity contribution is -0.211. The van der Waals surface area contributed by atoms with Crippen LogP contribution in [0.2, 0.25) is 0 Å². The van der Waals surface area contributed by atoms with Gasteiger partial charge in [-0.15, -0.1) is 0 Å². The molecule has 0 bridgehead atoms. The molecule has 0 amide bonds. The van der Waals surface area contributed by atoms with Crippen LogP contribution in [0.3, 0.4) is 0 Å². The molecule has 0 fully saturated rings. The molecule has 27 heavy (non-hydrogen) atoms. The van der Waals surface area contributed by atoms with Crippen LogP contribution in [0.5, 0.6) is 17.2 Å². The molecule has 0 atom stereocenters. The third-order valence-corrected chi connectivity index (χ3v) is 3.66. The Balaban J connectivity index is 2.11. The lowest BCUT2D eigenvalue weighted by atomic mass is 10.1. The Kier molecular flexibility index (Phi) is 4.56. The fraction of sp³-hybridized carbons (Fsp3) is 0.176. The maximum Gasteiger partial charge on any atom is 0.502 e. The van der Waals surface area contributed by atoms with Crippen molar-refractivity contribution >= 4 is 17.0 Å². The Morgan fingerprint density at radius 3 is 2.33 bits per heavy atom. The van der Waals surface area contributed by atoms with Crippen molar-refractivity contribution in [1.82, 2.24) is 9.97 Å². The van der Waals surface area contributed by atoms with Gasteiger partial charge in [0.15, 0.2) is 11.5 Å². The van der Waals surface area contributed by atoms with Gasteiger partial charge in [-0.25, -0.2) is 14.2 Å². The summed E-state index contributed by atoms with van der Waals surface area (Å²) >= 11 is 0. The van der Waals surface area contributed by atoms with Crippen molar-refractivity contribution < 1.29 is 37.3 Å². The highest BCUT2D eigenvalue weighted by Gasteiger charge is 2.44. The molecular formula is C17H13F3N2O5. The zero-order valence-corrected chi connectivity index (χ0v) is 14.0. The molecule has 3 aromatic rings. The van der Waals surface area contributed by atoms with Crippen LogP contribution in [0.15, 0.2) is 30.3 Å². The Morgan fingerprint density at radius 1 is 1.15 bits per heavy atom. The number of ether oxygens (including phenoxy) is 3. The monoisotopic (exact) mass is 382 g/mol. The van der Waals surface area contributed by atoms with Crippen molar-refractivity contribution in [3.63, 3.8) is 0 Å². The number of fused-ring (bicyclic) bond motifs is 1. The topological polar surface area (TPSA) is 93.7 Å². The summed E-state index contributed by atoms with van der Waals surface area (Å²) in [6, 6.07) is 6.60. The first-order chi connectivity index (χ1) is 12.7. The lowest BCUT2D eigenvalue weighted by Gasteiger charge is -2.18. The Hall–Kier alpha value is -3.43. The minimum atomic E-state index is -4.49. The van der Waals surface area contributed by atoms with Crippen molar-refractivity contribution in [3.8, 4) is 28.6 Å². The van der Waals surface area contributed by atoms with Crippen LogP contribution in [0.1, 0.15) is 0 Å². The van der Waals surface area contributed by atoms with E-state index in [0.29, 0.717) is 22.4 Å². The van der Waals surface area contributed by atoms with E-state index in [4.69, 9.17) is 14.6 Å². The maximum atomic E-state index is 13.5. The second-order valence-corrected chi connectivity index (χ2v) is 5.38. The molecule has 0 aliphatic heterocycles. The van der Waals surface area contributed by atoms with Crippen LogP contribution < -0.4 is 14.2 Å². The fourth-order valence-corrected chi connectivity index (χ4v) is 2.41. The summed E-state index contributed by atoms with van der Waals surface area (Å²) in [5.74, 6) is -3.60. The number of H-pyrrole nitrogens is 1. The standard InChI is InChI=1S/C17H13F3N2O5/c1-25-12-5-8(15-21-10-4-3-9(18)7-11(10)22-15)6-13(26-2)14(12)27-17(19,20)16(23)24/h3-7H,1-2H3,(H,21,22)(H,23,24). The summed E-state index contributed by atoms with van der Waals surface area (Å²) in [5, 5.41) is 8.56. The van der Waals surface area contributed by atoms with Crippen molar-refractivity contribution in [2.45, 2.75) is 6.11 Å². The second kappa shape index (κ2) is 6.71. The minimum absolute atomic E-state index is 0.197. The fourth-order valence-electron chi connectivity index (χ4n) is 2.41. The Labute approximate surface area is 150 Å². The molecule has 0 spiro atoms. The molecule has 2 N–H and O–H groups in total. The normalized spacial score (nSPS) is 11.4. The number of imidazole rings is 1. The molecule has 0 aliphatic rings. The van der Waals surface area contributed by atoms with Crippen LogP contribution in [-0.2, 0) is 4.79 Å². The number of hydrogen-bond donors (Lipinski definition) is 2. The Bertz CT molecular complexity index is 994. The number of nitrogens with zero attached hydrogens (tertiary/aromatic N) is 1. The van der Waals surface area contributed by atoms with Gasteiger partial charge in [0.2, 0.25) is 5.75 Å². The number of rotatable bonds is 6. The summed E-state index contributed by atoms with van der Waals surface area (Å²) in [4.78, 5) is 17.8. The third kappa shape index (κ3) is 3.46. The number of aromatic amines is 1. The van der Waals surface area contributed by atoms with Gasteiger partial charge in [0.1, 0.15) is 11.6 Å². The predicted molar refractivity (Wildman–Crippen MR) is 87.8 cm³/mol. The van der Waals surface area contributed by atoms with Gasteiger partial charge >= 0.3 is 12.1 Å². The quantitative estimate of drug-likeness (QED) is 0.678. The molecule has 1 heterocycles. The summed E-state index contributed by atoms with van der Waals surface area (Å²) in [6.45, 7) is 0. The zero-order chi connectivity index (χ0) is 19.8. The molecule has 10 heteroatoms. The molecule has 0 unspecified atom stereocenters. The van der Waals surface area contributed by atoms with Crippen LogP contribution in [0.25, 0.3) is 22.4 Å². The number of alkyl halides is 2. The van der Waals surface area contributed by atoms with Crippen LogP contribution >= 0.6 is 0 Å². The number of aromatic nitrogens is 2.